The van der Waals surface area contributed by atoms with E-state index in [-0.39, 0.29) is 26.4 Å². The third kappa shape index (κ3) is 5.76. The average molecular weight is 736 g/mol. The lowest BCUT2D eigenvalue weighted by Crippen LogP contribution is -2.95. The monoisotopic (exact) mass is 736 g/mol. The van der Waals surface area contributed by atoms with E-state index in [0.717, 1.165) is 0 Å². The van der Waals surface area contributed by atoms with Gasteiger partial charge in [-0.1, -0.05) is 0 Å². The molecule has 10 atom stereocenters. The van der Waals surface area contributed by atoms with Crippen LogP contribution in [0.2, 0.25) is 0 Å². The van der Waals surface area contributed by atoms with E-state index in [0.29, 0.717) is 0 Å². The molecule has 0 spiro atoms. The van der Waals surface area contributed by atoms with Crippen LogP contribution in [0.15, 0.2) is 0 Å². The highest BCUT2D eigenvalue weighted by Crippen LogP contribution is 2.73. The van der Waals surface area contributed by atoms with Crippen molar-refractivity contribution < 1.29 is 99.4 Å². The molecule has 4 heterocycles. The summed E-state index contributed by atoms with van der Waals surface area (Å²) in [7, 11) is 0. The Balaban J connectivity index is 1.74. The van der Waals surface area contributed by atoms with Gasteiger partial charge in [0.1, 0.15) is 24.4 Å². The predicted octanol–water partition coefficient (Wildman–Crippen LogP) is 3.71. The highest BCUT2D eigenvalue weighted by Gasteiger charge is 3.03. The average Bonchev–Trinajstić information content (AvgIpc) is 3.79. The molecule has 0 aromatic carbocycles. The van der Waals surface area contributed by atoms with Gasteiger partial charge in [-0.15, -0.1) is 0 Å². The molecule has 0 amide bonds. The third-order valence-electron chi connectivity index (χ3n) is 8.79. The van der Waals surface area contributed by atoms with Crippen LogP contribution in [0, 0.1) is 0 Å². The number of halogens is 14. The first kappa shape index (κ1) is 37.9. The summed E-state index contributed by atoms with van der Waals surface area (Å²) < 4.78 is 261. The summed E-state index contributed by atoms with van der Waals surface area (Å²) in [6.45, 7) is -16.1. The van der Waals surface area contributed by atoms with Crippen molar-refractivity contribution in [3.63, 3.8) is 0 Å². The molecule has 0 N–H and O–H groups in total. The van der Waals surface area contributed by atoms with Crippen molar-refractivity contribution in [2.24, 2.45) is 0 Å². The van der Waals surface area contributed by atoms with Gasteiger partial charge in [0.25, 0.3) is 0 Å². The molecule has 5 fully saturated rings. The Bertz CT molecular complexity index is 1120. The van der Waals surface area contributed by atoms with Crippen LogP contribution in [-0.4, -0.2) is 162 Å². The van der Waals surface area contributed by atoms with Crippen molar-refractivity contribution in [2.45, 2.75) is 83.1 Å². The van der Waals surface area contributed by atoms with Gasteiger partial charge in [0, 0.05) is 0 Å². The molecular weight excluding hydrogens is 706 g/mol. The topological polar surface area (TPSA) is 87.0 Å². The van der Waals surface area contributed by atoms with Crippen molar-refractivity contribution in [1.82, 2.24) is 0 Å². The first-order valence-electron chi connectivity index (χ1n) is 14.5. The standard InChI is InChI=1S/C26H30F14O8/c27-17(9-41-1-13-5-45-13)22(33)19(30,10-42-2-14-6-46-14)25(37,38)26(39,40)21(32,12-44-4-16-8-48-16)24(22,36)20(31,23(34,35)18(28)29)11-43-3-15-7-47-15/h13-18H,1-12H2. The maximum atomic E-state index is 17.8. The molecule has 4 aliphatic heterocycles. The summed E-state index contributed by atoms with van der Waals surface area (Å²) in [6, 6.07) is 0. The summed E-state index contributed by atoms with van der Waals surface area (Å²) in [5, 5.41) is 0. The number of alkyl halides is 14. The van der Waals surface area contributed by atoms with Gasteiger partial charge in [0.15, 0.2) is 6.17 Å². The van der Waals surface area contributed by atoms with E-state index in [1.54, 1.807) is 0 Å². The second-order valence-electron chi connectivity index (χ2n) is 12.2. The van der Waals surface area contributed by atoms with E-state index in [1.165, 1.54) is 0 Å². The molecule has 8 nitrogen and oxygen atoms in total. The van der Waals surface area contributed by atoms with E-state index < -0.39 is 136 Å². The Morgan fingerprint density at radius 2 is 0.958 bits per heavy atom. The summed E-state index contributed by atoms with van der Waals surface area (Å²) in [4.78, 5) is 0. The molecular formula is C26H30F14O8. The second-order valence-corrected chi connectivity index (χ2v) is 12.2. The minimum absolute atomic E-state index is 0.0922. The number of epoxide rings is 4. The van der Waals surface area contributed by atoms with E-state index in [1.807, 2.05) is 0 Å². The fourth-order valence-electron chi connectivity index (χ4n) is 5.62. The molecule has 4 saturated heterocycles. The number of rotatable bonds is 20. The Morgan fingerprint density at radius 3 is 1.38 bits per heavy atom. The molecule has 1 saturated carbocycles. The van der Waals surface area contributed by atoms with Gasteiger partial charge in [-0.25, -0.2) is 35.1 Å². The van der Waals surface area contributed by atoms with Crippen molar-refractivity contribution in [1.29, 1.82) is 0 Å². The summed E-state index contributed by atoms with van der Waals surface area (Å²) in [5.74, 6) is -21.1. The fraction of sp³-hybridized carbons (Fsp3) is 1.00. The molecule has 0 aromatic rings. The number of ether oxygens (including phenoxy) is 8. The van der Waals surface area contributed by atoms with E-state index >= 15 is 52.7 Å². The Labute approximate surface area is 262 Å². The number of hydrogen-bond donors (Lipinski definition) is 0. The zero-order valence-corrected chi connectivity index (χ0v) is 24.5. The van der Waals surface area contributed by atoms with Crippen LogP contribution in [-0.2, 0) is 37.9 Å². The zero-order chi connectivity index (χ0) is 35.6. The fourth-order valence-corrected chi connectivity index (χ4v) is 5.62. The van der Waals surface area contributed by atoms with Gasteiger partial charge in [0.05, 0.1) is 79.3 Å². The van der Waals surface area contributed by atoms with Crippen LogP contribution in [0.25, 0.3) is 0 Å². The predicted molar refractivity (Wildman–Crippen MR) is 127 cm³/mol. The smallest absolute Gasteiger partial charge is 0.352 e. The van der Waals surface area contributed by atoms with Gasteiger partial charge in [-0.2, -0.15) is 26.3 Å². The third-order valence-corrected chi connectivity index (χ3v) is 8.79. The van der Waals surface area contributed by atoms with E-state index in [2.05, 4.69) is 37.9 Å². The van der Waals surface area contributed by atoms with Crippen LogP contribution in [0.5, 0.6) is 0 Å². The Hall–Kier alpha value is -1.30. The van der Waals surface area contributed by atoms with Crippen molar-refractivity contribution in [3.8, 4) is 0 Å². The molecule has 280 valence electrons. The molecule has 22 heteroatoms. The summed E-state index contributed by atoms with van der Waals surface area (Å²) >= 11 is 0. The summed E-state index contributed by atoms with van der Waals surface area (Å²) in [5.41, 5.74) is -33.3. The normalized spacial score (nSPS) is 41.6. The number of hydrogen-bond acceptors (Lipinski definition) is 8. The van der Waals surface area contributed by atoms with Gasteiger partial charge in [-0.3, -0.25) is 0 Å². The first-order chi connectivity index (χ1) is 22.2. The van der Waals surface area contributed by atoms with Crippen LogP contribution in [0.4, 0.5) is 61.5 Å². The lowest BCUT2D eigenvalue weighted by molar-refractivity contribution is -0.459. The van der Waals surface area contributed by atoms with E-state index in [4.69, 9.17) is 0 Å². The largest absolute Gasteiger partial charge is 0.376 e. The Kier molecular flexibility index (Phi) is 10.1. The minimum Gasteiger partial charge on any atom is -0.376 e. The van der Waals surface area contributed by atoms with Crippen molar-refractivity contribution in [3.05, 3.63) is 0 Å². The highest BCUT2D eigenvalue weighted by atomic mass is 19.3. The molecule has 1 aliphatic carbocycles. The lowest BCUT2D eigenvalue weighted by atomic mass is 9.49. The Morgan fingerprint density at radius 1 is 0.583 bits per heavy atom. The zero-order valence-electron chi connectivity index (χ0n) is 24.5. The van der Waals surface area contributed by atoms with Crippen LogP contribution in [0.3, 0.4) is 0 Å². The van der Waals surface area contributed by atoms with Gasteiger partial charge < -0.3 is 37.9 Å². The van der Waals surface area contributed by atoms with Gasteiger partial charge in [-0.05, 0) is 0 Å². The molecule has 48 heavy (non-hydrogen) atoms. The van der Waals surface area contributed by atoms with Crippen molar-refractivity contribution in [2.75, 3.05) is 79.3 Å². The molecule has 0 radical (unpaired) electrons. The SMILES string of the molecule is FC(F)C(F)(F)C(F)(COCC1CO1)C1(F)C(F)(COCC2CO2)C(F)(F)C(F)(F)C(F)(COCC2CO2)C1(F)C(F)COCC1CO1. The summed E-state index contributed by atoms with van der Waals surface area (Å²) in [6.07, 6.45) is -14.4. The van der Waals surface area contributed by atoms with Crippen LogP contribution < -0.4 is 0 Å². The molecule has 10 unspecified atom stereocenters. The molecule has 5 aliphatic rings. The van der Waals surface area contributed by atoms with Gasteiger partial charge >= 0.3 is 24.2 Å². The maximum absolute atomic E-state index is 17.8. The van der Waals surface area contributed by atoms with Gasteiger partial charge in [0.2, 0.25) is 28.3 Å². The molecule has 0 aromatic heterocycles. The van der Waals surface area contributed by atoms with Crippen LogP contribution in [0.1, 0.15) is 0 Å². The van der Waals surface area contributed by atoms with E-state index in [9.17, 15) is 8.78 Å². The van der Waals surface area contributed by atoms with Crippen molar-refractivity contribution >= 4 is 0 Å². The molecule has 0 bridgehead atoms. The minimum atomic E-state index is -7.18. The first-order valence-corrected chi connectivity index (χ1v) is 14.5. The quantitative estimate of drug-likeness (QED) is 0.138. The van der Waals surface area contributed by atoms with Crippen LogP contribution >= 0.6 is 0 Å². The highest BCUT2D eigenvalue weighted by molar-refractivity contribution is 5.42. The molecule has 5 rings (SSSR count). The maximum Gasteiger partial charge on any atom is 0.352 e. The second kappa shape index (κ2) is 12.7. The lowest BCUT2D eigenvalue weighted by Gasteiger charge is -2.64.